The molecule has 24 heteroatoms. The van der Waals surface area contributed by atoms with Crippen molar-refractivity contribution in [2.75, 3.05) is 48.7 Å². The van der Waals surface area contributed by atoms with Gasteiger partial charge >= 0.3 is 0 Å². The molecule has 3 fully saturated rings. The van der Waals surface area contributed by atoms with Gasteiger partial charge in [0.15, 0.2) is 0 Å². The Kier molecular flexibility index (Phi) is 21.9. The Morgan fingerprint density at radius 1 is 0.458 bits per heavy atom. The van der Waals surface area contributed by atoms with Gasteiger partial charge in [0.1, 0.15) is 34.9 Å². The summed E-state index contributed by atoms with van der Waals surface area (Å²) in [4.78, 5) is 122. The molecule has 0 aliphatic carbocycles. The molecule has 3 N–H and O–H groups in total. The fraction of sp³-hybridized carbons (Fsp3) is 0.241. The minimum absolute atomic E-state index is 0.0475. The predicted molar refractivity (Wildman–Crippen MR) is 409 cm³/mol. The Hall–Kier alpha value is -13.4. The monoisotopic (exact) mass is 1420 g/mol. The molecule has 24 nitrogen and oxygen atoms in total. The second-order valence-electron chi connectivity index (χ2n) is 26.2. The SMILES string of the molecule is C=CC(=O)N1CCC[C@@H](c2nc(-c3ccc(C(=O)Nc4ccccn4)cc3)c3cncc(C)n23)C1.CC#CC(=O)N1CCC[C@@H](c2nc(-c3ccc(C(=O)Nc4ccccn4)cc3)c3cncc(C)n23)C1.CC#CC(=O)N1CCC[C@H]1c1nc(-c2ccc(C(=O)Nc3ccccn3)cc2)c2c(C)ncc(C)n12. The molecule has 0 unspecified atom stereocenters. The highest BCUT2D eigenvalue weighted by molar-refractivity contribution is 6.06. The van der Waals surface area contributed by atoms with Crippen molar-refractivity contribution < 1.29 is 28.8 Å². The number of imidazole rings is 3. The van der Waals surface area contributed by atoms with Gasteiger partial charge in [-0.3, -0.25) is 56.9 Å². The van der Waals surface area contributed by atoms with Crippen LogP contribution in [0.5, 0.6) is 0 Å². The number of nitrogens with zero attached hydrogens (tertiary/aromatic N) is 15. The van der Waals surface area contributed by atoms with Crippen molar-refractivity contribution in [3.05, 3.63) is 247 Å². The van der Waals surface area contributed by atoms with Gasteiger partial charge in [-0.25, -0.2) is 29.9 Å². The third-order valence-electron chi connectivity index (χ3n) is 19.1. The van der Waals surface area contributed by atoms with Crippen molar-refractivity contribution in [2.45, 2.75) is 97.9 Å². The van der Waals surface area contributed by atoms with Gasteiger partial charge in [-0.05, 0) is 171 Å². The van der Waals surface area contributed by atoms with Crippen LogP contribution in [0.1, 0.15) is 142 Å². The predicted octanol–water partition coefficient (Wildman–Crippen LogP) is 12.7. The van der Waals surface area contributed by atoms with E-state index in [2.05, 4.69) is 89.3 Å². The molecule has 3 aliphatic heterocycles. The minimum atomic E-state index is -0.235. The molecule has 0 bridgehead atoms. The standard InChI is InChI=1S/2C28H26N6O2.C27H26N6O2/c1-4-8-24(35)33-16-7-9-22(33)27-32-25(26-19(3)30-17-18(2)34(26)27)20-11-13-21(14-12-20)28(36)31-23-10-5-6-15-29-23;1-3-7-25(35)33-15-6-8-22(18-33)27-32-26(23-17-29-16-19(2)34(23)27)20-10-12-21(13-11-20)28(36)31-24-9-4-5-14-30-24;1-3-24(34)32-14-6-7-21(17-32)26-31-25(22-16-28-15-18(2)33(22)26)19-9-11-20(12-10-19)27(35)30-23-8-4-5-13-29-23/h5-6,10-15,17,22H,7,9,16H2,1-3H3,(H,29,31,36);4-5,9-14,16-17,22H,6,8,15,18H2,1-2H3,(H,30,31,36);3-5,8-13,15-16,21H,1,6-7,14,17H2,2H3,(H,29,30,35)/t2*22-;21-/m011/s1. The van der Waals surface area contributed by atoms with E-state index in [1.807, 2.05) is 128 Å². The van der Waals surface area contributed by atoms with Crippen molar-refractivity contribution in [3.8, 4) is 57.5 Å². The van der Waals surface area contributed by atoms with E-state index in [0.29, 0.717) is 60.3 Å². The van der Waals surface area contributed by atoms with Gasteiger partial charge < -0.3 is 30.7 Å². The van der Waals surface area contributed by atoms with E-state index in [1.165, 1.54) is 6.08 Å². The maximum Gasteiger partial charge on any atom is 0.299 e. The summed E-state index contributed by atoms with van der Waals surface area (Å²) < 4.78 is 6.37. The fourth-order valence-electron chi connectivity index (χ4n) is 14.0. The number of carbonyl (C=O) groups is 6. The molecule has 3 atom stereocenters. The summed E-state index contributed by atoms with van der Waals surface area (Å²) in [5, 5.41) is 8.41. The Morgan fingerprint density at radius 3 is 1.33 bits per heavy atom. The highest BCUT2D eigenvalue weighted by atomic mass is 16.2. The Bertz CT molecular complexity index is 5470. The van der Waals surface area contributed by atoms with Gasteiger partial charge in [0.25, 0.3) is 29.5 Å². The number of nitrogens with one attached hydrogen (secondary N) is 3. The zero-order valence-corrected chi connectivity index (χ0v) is 60.2. The molecular formula is C83H78N18O6. The third kappa shape index (κ3) is 15.8. The lowest BCUT2D eigenvalue weighted by Gasteiger charge is -2.31. The van der Waals surface area contributed by atoms with Gasteiger partial charge in [-0.2, -0.15) is 0 Å². The smallest absolute Gasteiger partial charge is 0.299 e. The number of benzene rings is 3. The summed E-state index contributed by atoms with van der Waals surface area (Å²) >= 11 is 0. The summed E-state index contributed by atoms with van der Waals surface area (Å²) in [6, 6.07) is 38.0. The Morgan fingerprint density at radius 2 is 0.879 bits per heavy atom. The van der Waals surface area contributed by atoms with Gasteiger partial charge in [0.2, 0.25) is 5.91 Å². The number of carbonyl (C=O) groups excluding carboxylic acids is 6. The van der Waals surface area contributed by atoms with Gasteiger partial charge in [0, 0.05) is 132 Å². The summed E-state index contributed by atoms with van der Waals surface area (Å²) in [6.07, 6.45) is 20.8. The van der Waals surface area contributed by atoms with Crippen LogP contribution in [-0.4, -0.2) is 141 Å². The average Bonchev–Trinajstić information content (AvgIpc) is 1.60. The van der Waals surface area contributed by atoms with Crippen molar-refractivity contribution >= 4 is 69.4 Å². The lowest BCUT2D eigenvalue weighted by molar-refractivity contribution is -0.127. The zero-order valence-electron chi connectivity index (χ0n) is 60.2. The first-order valence-corrected chi connectivity index (χ1v) is 35.4. The number of pyridine rings is 3. The molecule has 0 spiro atoms. The third-order valence-corrected chi connectivity index (χ3v) is 19.1. The normalized spacial score (nSPS) is 15.3. The lowest BCUT2D eigenvalue weighted by atomic mass is 9.97. The van der Waals surface area contributed by atoms with E-state index in [0.717, 1.165) is 136 Å². The average molecular weight is 1420 g/mol. The van der Waals surface area contributed by atoms with Crippen molar-refractivity contribution in [2.24, 2.45) is 0 Å². The van der Waals surface area contributed by atoms with Crippen LogP contribution in [0.3, 0.4) is 0 Å². The molecule has 107 heavy (non-hydrogen) atoms. The molecule has 0 radical (unpaired) electrons. The van der Waals surface area contributed by atoms with Crippen LogP contribution in [0, 0.1) is 51.4 Å². The number of anilines is 3. The Balaban J connectivity index is 0.000000142. The zero-order chi connectivity index (χ0) is 74.7. The van der Waals surface area contributed by atoms with Gasteiger partial charge in [-0.1, -0.05) is 73.0 Å². The van der Waals surface area contributed by atoms with Crippen molar-refractivity contribution in [1.82, 2.24) is 72.8 Å². The number of aromatic nitrogens is 12. The molecule has 12 heterocycles. The molecule has 6 amide bonds. The number of aryl methyl sites for hydroxylation is 4. The molecular weight excluding hydrogens is 1350 g/mol. The number of piperidine rings is 2. The number of hydrogen-bond acceptors (Lipinski definition) is 15. The molecule has 3 aliphatic rings. The van der Waals surface area contributed by atoms with E-state index in [4.69, 9.17) is 15.0 Å². The summed E-state index contributed by atoms with van der Waals surface area (Å²) in [6.45, 7) is 18.2. The number of rotatable bonds is 13. The summed E-state index contributed by atoms with van der Waals surface area (Å²) in [7, 11) is 0. The molecule has 9 aromatic heterocycles. The van der Waals surface area contributed by atoms with Crippen molar-refractivity contribution in [1.29, 1.82) is 0 Å². The van der Waals surface area contributed by atoms with Crippen LogP contribution < -0.4 is 16.0 Å². The fourth-order valence-corrected chi connectivity index (χ4v) is 14.0. The number of fused-ring (bicyclic) bond motifs is 3. The lowest BCUT2D eigenvalue weighted by Crippen LogP contribution is -2.39. The number of hydrogen-bond donors (Lipinski definition) is 3. The van der Waals surface area contributed by atoms with Crippen molar-refractivity contribution in [3.63, 3.8) is 0 Å². The Labute approximate surface area is 618 Å². The van der Waals surface area contributed by atoms with Crippen LogP contribution in [0.2, 0.25) is 0 Å². The highest BCUT2D eigenvalue weighted by Gasteiger charge is 2.35. The van der Waals surface area contributed by atoms with Gasteiger partial charge in [0.05, 0.1) is 57.8 Å². The maximum atomic E-state index is 12.7. The summed E-state index contributed by atoms with van der Waals surface area (Å²) in [5.74, 6) is 14.1. The van der Waals surface area contributed by atoms with Crippen LogP contribution in [0.25, 0.3) is 50.3 Å². The van der Waals surface area contributed by atoms with Gasteiger partial charge in [-0.15, -0.1) is 0 Å². The molecule has 12 aromatic rings. The van der Waals surface area contributed by atoms with Crippen LogP contribution in [0.4, 0.5) is 17.5 Å². The van der Waals surface area contributed by atoms with E-state index in [1.54, 1.807) is 105 Å². The van der Waals surface area contributed by atoms with E-state index >= 15 is 0 Å². The summed E-state index contributed by atoms with van der Waals surface area (Å²) in [5.41, 5.74) is 13.0. The molecule has 0 saturated carbocycles. The van der Waals surface area contributed by atoms with Crippen LogP contribution >= 0.6 is 0 Å². The number of amides is 6. The van der Waals surface area contributed by atoms with Crippen LogP contribution in [-0.2, 0) is 14.4 Å². The molecule has 3 saturated heterocycles. The first kappa shape index (κ1) is 72.0. The molecule has 3 aromatic carbocycles. The molecule has 536 valence electrons. The van der Waals surface area contributed by atoms with E-state index in [9.17, 15) is 28.8 Å². The topological polar surface area (TPSA) is 277 Å². The van der Waals surface area contributed by atoms with Crippen LogP contribution in [0.15, 0.2) is 190 Å². The maximum absolute atomic E-state index is 12.7. The second-order valence-corrected chi connectivity index (χ2v) is 26.2. The quantitative estimate of drug-likeness (QED) is 0.0715. The van der Waals surface area contributed by atoms with E-state index < -0.39 is 0 Å². The first-order valence-electron chi connectivity index (χ1n) is 35.4. The number of likely N-dealkylation sites (tertiary alicyclic amines) is 3. The van der Waals surface area contributed by atoms with E-state index in [-0.39, 0.29) is 53.3 Å². The minimum Gasteiger partial charge on any atom is -0.338 e. The first-order chi connectivity index (χ1) is 52.1. The molecule has 15 rings (SSSR count). The highest BCUT2D eigenvalue weighted by Crippen LogP contribution is 2.39. The second kappa shape index (κ2) is 32.5. The largest absolute Gasteiger partial charge is 0.338 e.